The van der Waals surface area contributed by atoms with Gasteiger partial charge in [-0.2, -0.15) is 5.10 Å². The highest BCUT2D eigenvalue weighted by Crippen LogP contribution is 2.22. The van der Waals surface area contributed by atoms with Crippen LogP contribution in [-0.2, 0) is 11.8 Å². The van der Waals surface area contributed by atoms with Crippen LogP contribution in [0, 0.1) is 0 Å². The second-order valence-corrected chi connectivity index (χ2v) is 5.81. The second kappa shape index (κ2) is 5.07. The van der Waals surface area contributed by atoms with Crippen LogP contribution in [0.5, 0.6) is 0 Å². The van der Waals surface area contributed by atoms with Gasteiger partial charge in [0.05, 0.1) is 6.20 Å². The molecular formula is C14H21N3O2. The van der Waals surface area contributed by atoms with Gasteiger partial charge < -0.3 is 9.64 Å². The fourth-order valence-electron chi connectivity index (χ4n) is 2.01. The summed E-state index contributed by atoms with van der Waals surface area (Å²) in [4.78, 5) is 13.6. The van der Waals surface area contributed by atoms with Crippen LogP contribution in [0.4, 0.5) is 4.79 Å². The summed E-state index contributed by atoms with van der Waals surface area (Å²) in [7, 11) is 1.90. The van der Waals surface area contributed by atoms with Crippen molar-refractivity contribution in [2.45, 2.75) is 32.8 Å². The molecule has 1 aromatic rings. The molecular weight excluding hydrogens is 242 g/mol. The van der Waals surface area contributed by atoms with Gasteiger partial charge in [-0.05, 0) is 32.8 Å². The van der Waals surface area contributed by atoms with Gasteiger partial charge in [0.2, 0.25) is 0 Å². The number of hydrogen-bond donors (Lipinski definition) is 0. The van der Waals surface area contributed by atoms with E-state index in [0.717, 1.165) is 12.0 Å². The zero-order valence-electron chi connectivity index (χ0n) is 12.0. The number of aromatic nitrogens is 2. The molecule has 0 aromatic carbocycles. The standard InChI is InChI=1S/C14H21N3O2/c1-14(2,3)19-13(18)17-7-5-11(6-8-17)12-9-15-16(4)10-12/h5,9-10H,6-8H2,1-4H3. The first kappa shape index (κ1) is 13.6. The predicted molar refractivity (Wildman–Crippen MR) is 73.6 cm³/mol. The van der Waals surface area contributed by atoms with Gasteiger partial charge in [0, 0.05) is 31.9 Å². The molecule has 0 aliphatic carbocycles. The first-order chi connectivity index (χ1) is 8.85. The molecule has 0 spiro atoms. The Morgan fingerprint density at radius 1 is 1.42 bits per heavy atom. The third kappa shape index (κ3) is 3.59. The molecule has 0 unspecified atom stereocenters. The van der Waals surface area contributed by atoms with E-state index in [-0.39, 0.29) is 6.09 Å². The normalized spacial score (nSPS) is 16.2. The van der Waals surface area contributed by atoms with Crippen LogP contribution in [0.25, 0.3) is 5.57 Å². The summed E-state index contributed by atoms with van der Waals surface area (Å²) >= 11 is 0. The average Bonchev–Trinajstić information content (AvgIpc) is 2.74. The van der Waals surface area contributed by atoms with Crippen LogP contribution in [0.1, 0.15) is 32.8 Å². The van der Waals surface area contributed by atoms with E-state index in [1.54, 1.807) is 9.58 Å². The van der Waals surface area contributed by atoms with Crippen LogP contribution in [-0.4, -0.2) is 39.5 Å². The van der Waals surface area contributed by atoms with E-state index in [1.165, 1.54) is 5.57 Å². The minimum atomic E-state index is -0.440. The first-order valence-electron chi connectivity index (χ1n) is 6.51. The summed E-state index contributed by atoms with van der Waals surface area (Å²) in [6.07, 6.45) is 6.52. The lowest BCUT2D eigenvalue weighted by Crippen LogP contribution is -2.39. The quantitative estimate of drug-likeness (QED) is 0.782. The van der Waals surface area contributed by atoms with Crippen LogP contribution >= 0.6 is 0 Å². The van der Waals surface area contributed by atoms with Crippen LogP contribution in [0.2, 0.25) is 0 Å². The number of ether oxygens (including phenoxy) is 1. The van der Waals surface area contributed by atoms with Gasteiger partial charge in [-0.3, -0.25) is 4.68 Å². The molecule has 0 bridgehead atoms. The molecule has 1 aliphatic rings. The average molecular weight is 263 g/mol. The molecule has 0 saturated heterocycles. The van der Waals surface area contributed by atoms with Gasteiger partial charge >= 0.3 is 6.09 Å². The molecule has 5 heteroatoms. The van der Waals surface area contributed by atoms with E-state index < -0.39 is 5.60 Å². The molecule has 1 amide bonds. The molecule has 2 heterocycles. The van der Waals surface area contributed by atoms with Gasteiger partial charge in [0.25, 0.3) is 0 Å². The number of carbonyl (C=O) groups is 1. The highest BCUT2D eigenvalue weighted by molar-refractivity contribution is 5.72. The maximum Gasteiger partial charge on any atom is 0.410 e. The Labute approximate surface area is 113 Å². The lowest BCUT2D eigenvalue weighted by molar-refractivity contribution is 0.0270. The third-order valence-electron chi connectivity index (χ3n) is 2.94. The number of nitrogens with zero attached hydrogens (tertiary/aromatic N) is 3. The summed E-state index contributed by atoms with van der Waals surface area (Å²) in [6, 6.07) is 0. The highest BCUT2D eigenvalue weighted by atomic mass is 16.6. The number of hydrogen-bond acceptors (Lipinski definition) is 3. The molecule has 1 aliphatic heterocycles. The fourth-order valence-corrected chi connectivity index (χ4v) is 2.01. The molecule has 0 radical (unpaired) electrons. The lowest BCUT2D eigenvalue weighted by Gasteiger charge is -2.29. The molecule has 5 nitrogen and oxygen atoms in total. The van der Waals surface area contributed by atoms with Crippen molar-refractivity contribution in [1.82, 2.24) is 14.7 Å². The summed E-state index contributed by atoms with van der Waals surface area (Å²) in [5.74, 6) is 0. The third-order valence-corrected chi connectivity index (χ3v) is 2.94. The minimum Gasteiger partial charge on any atom is -0.444 e. The fraction of sp³-hybridized carbons (Fsp3) is 0.571. The summed E-state index contributed by atoms with van der Waals surface area (Å²) in [6.45, 7) is 6.93. The van der Waals surface area contributed by atoms with E-state index >= 15 is 0 Å². The van der Waals surface area contributed by atoms with Crippen molar-refractivity contribution in [2.75, 3.05) is 13.1 Å². The molecule has 0 N–H and O–H groups in total. The van der Waals surface area contributed by atoms with E-state index in [1.807, 2.05) is 40.2 Å². The first-order valence-corrected chi connectivity index (χ1v) is 6.51. The monoisotopic (exact) mass is 263 g/mol. The van der Waals surface area contributed by atoms with Crippen molar-refractivity contribution in [3.05, 3.63) is 24.0 Å². The zero-order chi connectivity index (χ0) is 14.0. The molecule has 2 rings (SSSR count). The predicted octanol–water partition coefficient (Wildman–Crippen LogP) is 2.44. The second-order valence-electron chi connectivity index (χ2n) is 5.81. The number of aryl methyl sites for hydroxylation is 1. The van der Waals surface area contributed by atoms with E-state index in [9.17, 15) is 4.79 Å². The molecule has 0 atom stereocenters. The topological polar surface area (TPSA) is 47.4 Å². The van der Waals surface area contributed by atoms with Crippen molar-refractivity contribution in [3.63, 3.8) is 0 Å². The van der Waals surface area contributed by atoms with Crippen LogP contribution in [0.3, 0.4) is 0 Å². The largest absolute Gasteiger partial charge is 0.444 e. The molecule has 0 fully saturated rings. The van der Waals surface area contributed by atoms with Crippen molar-refractivity contribution in [2.24, 2.45) is 7.05 Å². The van der Waals surface area contributed by atoms with Crippen LogP contribution < -0.4 is 0 Å². The van der Waals surface area contributed by atoms with Crippen molar-refractivity contribution in [3.8, 4) is 0 Å². The SMILES string of the molecule is Cn1cc(C2=CCN(C(=O)OC(C)(C)C)CC2)cn1. The maximum absolute atomic E-state index is 11.9. The highest BCUT2D eigenvalue weighted by Gasteiger charge is 2.23. The Balaban J connectivity index is 1.98. The lowest BCUT2D eigenvalue weighted by atomic mass is 10.0. The minimum absolute atomic E-state index is 0.242. The Hall–Kier alpha value is -1.78. The molecule has 104 valence electrons. The smallest absolute Gasteiger partial charge is 0.410 e. The number of carbonyl (C=O) groups excluding carboxylic acids is 1. The summed E-state index contributed by atoms with van der Waals surface area (Å²) in [5.41, 5.74) is 1.93. The van der Waals surface area contributed by atoms with Gasteiger partial charge in [-0.15, -0.1) is 0 Å². The van der Waals surface area contributed by atoms with Gasteiger partial charge in [0.1, 0.15) is 5.60 Å². The van der Waals surface area contributed by atoms with Gasteiger partial charge in [0.15, 0.2) is 0 Å². The van der Waals surface area contributed by atoms with Gasteiger partial charge in [-0.1, -0.05) is 6.08 Å². The Morgan fingerprint density at radius 2 is 2.16 bits per heavy atom. The molecule has 0 saturated carbocycles. The van der Waals surface area contributed by atoms with Crippen molar-refractivity contribution in [1.29, 1.82) is 0 Å². The summed E-state index contributed by atoms with van der Waals surface area (Å²) in [5, 5.41) is 4.17. The van der Waals surface area contributed by atoms with Crippen molar-refractivity contribution < 1.29 is 9.53 Å². The Morgan fingerprint density at radius 3 is 2.63 bits per heavy atom. The van der Waals surface area contributed by atoms with E-state index in [0.29, 0.717) is 13.1 Å². The Bertz CT molecular complexity index is 497. The molecule has 19 heavy (non-hydrogen) atoms. The van der Waals surface area contributed by atoms with E-state index in [4.69, 9.17) is 4.74 Å². The van der Waals surface area contributed by atoms with Crippen molar-refractivity contribution >= 4 is 11.7 Å². The zero-order valence-corrected chi connectivity index (χ0v) is 12.0. The maximum atomic E-state index is 11.9. The number of rotatable bonds is 1. The Kier molecular flexibility index (Phi) is 3.64. The summed E-state index contributed by atoms with van der Waals surface area (Å²) < 4.78 is 7.15. The molecule has 1 aromatic heterocycles. The van der Waals surface area contributed by atoms with Crippen LogP contribution in [0.15, 0.2) is 18.5 Å². The van der Waals surface area contributed by atoms with Gasteiger partial charge in [-0.25, -0.2) is 4.79 Å². The number of amides is 1. The van der Waals surface area contributed by atoms with E-state index in [2.05, 4.69) is 11.2 Å².